The fraction of sp³-hybridized carbons (Fsp3) is 0.214. The lowest BCUT2D eigenvalue weighted by Gasteiger charge is -2.11. The molecule has 112 valence electrons. The molecular weight excluding hydrogens is 307 g/mol. The molecule has 21 heavy (non-hydrogen) atoms. The van der Waals surface area contributed by atoms with Crippen LogP contribution in [0.1, 0.15) is 27.4 Å². The third kappa shape index (κ3) is 3.39. The van der Waals surface area contributed by atoms with Gasteiger partial charge in [-0.25, -0.2) is 0 Å². The Morgan fingerprint density at radius 2 is 1.90 bits per heavy atom. The molecule has 1 heterocycles. The summed E-state index contributed by atoms with van der Waals surface area (Å²) in [4.78, 5) is 12.0. The molecule has 0 atom stereocenters. The van der Waals surface area contributed by atoms with Crippen LogP contribution in [0.25, 0.3) is 0 Å². The first-order valence-corrected chi connectivity index (χ1v) is 6.31. The Labute approximate surface area is 123 Å². The Bertz CT molecular complexity index is 692. The lowest BCUT2D eigenvalue weighted by Crippen LogP contribution is -2.13. The molecule has 1 aromatic carbocycles. The number of amides is 1. The predicted octanol–water partition coefficient (Wildman–Crippen LogP) is 4.82. The highest BCUT2D eigenvalue weighted by molar-refractivity contribution is 6.31. The van der Waals surface area contributed by atoms with E-state index in [0.29, 0.717) is 11.5 Å². The van der Waals surface area contributed by atoms with Crippen molar-refractivity contribution >= 4 is 23.2 Å². The molecule has 1 aromatic heterocycles. The Kier molecular flexibility index (Phi) is 4.00. The zero-order valence-corrected chi connectivity index (χ0v) is 11.9. The molecule has 3 nitrogen and oxygen atoms in total. The van der Waals surface area contributed by atoms with Gasteiger partial charge in [0.05, 0.1) is 16.1 Å². The first-order valence-electron chi connectivity index (χ1n) is 5.93. The summed E-state index contributed by atoms with van der Waals surface area (Å²) in [5, 5.41) is 1.97. The number of benzene rings is 1. The molecule has 0 unspecified atom stereocenters. The van der Waals surface area contributed by atoms with Crippen molar-refractivity contribution in [3.63, 3.8) is 0 Å². The summed E-state index contributed by atoms with van der Waals surface area (Å²) >= 11 is 5.52. The van der Waals surface area contributed by atoms with Gasteiger partial charge < -0.3 is 9.73 Å². The van der Waals surface area contributed by atoms with Crippen LogP contribution >= 0.6 is 11.6 Å². The number of furan rings is 1. The van der Waals surface area contributed by atoms with Crippen LogP contribution in [-0.2, 0) is 6.18 Å². The number of alkyl halides is 3. The molecule has 0 aliphatic rings. The number of hydrogen-bond acceptors (Lipinski definition) is 2. The maximum atomic E-state index is 12.7. The second kappa shape index (κ2) is 5.44. The van der Waals surface area contributed by atoms with Crippen LogP contribution in [0.2, 0.25) is 5.02 Å². The van der Waals surface area contributed by atoms with Crippen LogP contribution < -0.4 is 5.32 Å². The van der Waals surface area contributed by atoms with Crippen molar-refractivity contribution in [1.82, 2.24) is 0 Å². The average molecular weight is 318 g/mol. The van der Waals surface area contributed by atoms with Crippen molar-refractivity contribution < 1.29 is 22.4 Å². The van der Waals surface area contributed by atoms with Gasteiger partial charge >= 0.3 is 6.18 Å². The summed E-state index contributed by atoms with van der Waals surface area (Å²) in [5.74, 6) is 0.402. The number of rotatable bonds is 2. The van der Waals surface area contributed by atoms with Gasteiger partial charge in [-0.05, 0) is 38.1 Å². The molecule has 7 heteroatoms. The van der Waals surface area contributed by atoms with Gasteiger partial charge in [0.25, 0.3) is 5.91 Å². The van der Waals surface area contributed by atoms with E-state index >= 15 is 0 Å². The van der Waals surface area contributed by atoms with Crippen LogP contribution in [0.3, 0.4) is 0 Å². The van der Waals surface area contributed by atoms with Crippen LogP contribution in [0.5, 0.6) is 0 Å². The fourth-order valence-corrected chi connectivity index (χ4v) is 2.10. The smallest absolute Gasteiger partial charge is 0.417 e. The number of hydrogen-bond donors (Lipinski definition) is 1. The molecule has 0 saturated heterocycles. The van der Waals surface area contributed by atoms with Crippen molar-refractivity contribution in [3.8, 4) is 0 Å². The molecule has 0 spiro atoms. The number of halogens is 4. The summed E-state index contributed by atoms with van der Waals surface area (Å²) < 4.78 is 43.4. The predicted molar refractivity (Wildman–Crippen MR) is 72.6 cm³/mol. The van der Waals surface area contributed by atoms with Gasteiger partial charge in [0.15, 0.2) is 0 Å². The van der Waals surface area contributed by atoms with Crippen molar-refractivity contribution in [1.29, 1.82) is 0 Å². The van der Waals surface area contributed by atoms with E-state index in [1.54, 1.807) is 13.8 Å². The zero-order chi connectivity index (χ0) is 15.8. The third-order valence-electron chi connectivity index (χ3n) is 2.82. The summed E-state index contributed by atoms with van der Waals surface area (Å²) in [5.41, 5.74) is -0.715. The maximum Gasteiger partial charge on any atom is 0.417 e. The lowest BCUT2D eigenvalue weighted by molar-refractivity contribution is -0.137. The molecule has 1 amide bonds. The molecule has 2 rings (SSSR count). The molecule has 0 fully saturated rings. The van der Waals surface area contributed by atoms with E-state index in [9.17, 15) is 18.0 Å². The van der Waals surface area contributed by atoms with E-state index in [2.05, 4.69) is 5.32 Å². The van der Waals surface area contributed by atoms with E-state index in [1.807, 2.05) is 0 Å². The second-order valence-electron chi connectivity index (χ2n) is 4.47. The maximum absolute atomic E-state index is 12.7. The number of nitrogens with one attached hydrogen (secondary N) is 1. The molecule has 2 aromatic rings. The fourth-order valence-electron chi connectivity index (χ4n) is 1.87. The van der Waals surface area contributed by atoms with Crippen molar-refractivity contribution in [2.75, 3.05) is 5.32 Å². The lowest BCUT2D eigenvalue weighted by atomic mass is 10.1. The molecule has 0 aliphatic carbocycles. The monoisotopic (exact) mass is 317 g/mol. The Balaban J connectivity index is 2.28. The van der Waals surface area contributed by atoms with E-state index in [0.717, 1.165) is 12.1 Å². The summed E-state index contributed by atoms with van der Waals surface area (Å²) in [6.45, 7) is 3.28. The van der Waals surface area contributed by atoms with E-state index in [-0.39, 0.29) is 11.3 Å². The Morgan fingerprint density at radius 3 is 2.43 bits per heavy atom. The van der Waals surface area contributed by atoms with Gasteiger partial charge in [0.1, 0.15) is 11.5 Å². The van der Waals surface area contributed by atoms with E-state index in [4.69, 9.17) is 16.0 Å². The average Bonchev–Trinajstić information content (AvgIpc) is 2.69. The highest BCUT2D eigenvalue weighted by Gasteiger charge is 2.33. The minimum Gasteiger partial charge on any atom is -0.466 e. The molecule has 0 radical (unpaired) electrons. The first kappa shape index (κ1) is 15.4. The molecule has 0 aliphatic heterocycles. The number of anilines is 1. The highest BCUT2D eigenvalue weighted by atomic mass is 35.5. The highest BCUT2D eigenvalue weighted by Crippen LogP contribution is 2.36. The summed E-state index contributed by atoms with van der Waals surface area (Å²) in [6, 6.07) is 4.71. The minimum absolute atomic E-state index is 0.00924. The van der Waals surface area contributed by atoms with E-state index < -0.39 is 22.7 Å². The number of carbonyl (C=O) groups excluding carboxylic acids is 1. The summed E-state index contributed by atoms with van der Waals surface area (Å²) in [6.07, 6.45) is -4.58. The van der Waals surface area contributed by atoms with Crippen LogP contribution in [0.15, 0.2) is 28.7 Å². The van der Waals surface area contributed by atoms with Gasteiger partial charge in [0.2, 0.25) is 0 Å². The van der Waals surface area contributed by atoms with Crippen LogP contribution in [-0.4, -0.2) is 5.91 Å². The number of aryl methyl sites for hydroxylation is 2. The van der Waals surface area contributed by atoms with E-state index in [1.165, 1.54) is 12.1 Å². The van der Waals surface area contributed by atoms with Crippen LogP contribution in [0, 0.1) is 13.8 Å². The second-order valence-corrected chi connectivity index (χ2v) is 4.88. The molecule has 0 saturated carbocycles. The Hall–Kier alpha value is -1.95. The topological polar surface area (TPSA) is 42.2 Å². The third-order valence-corrected chi connectivity index (χ3v) is 3.14. The quantitative estimate of drug-likeness (QED) is 0.862. The van der Waals surface area contributed by atoms with Crippen molar-refractivity contribution in [3.05, 3.63) is 51.9 Å². The van der Waals surface area contributed by atoms with Gasteiger partial charge in [-0.1, -0.05) is 11.6 Å². The van der Waals surface area contributed by atoms with Gasteiger partial charge in [-0.15, -0.1) is 0 Å². The van der Waals surface area contributed by atoms with Crippen molar-refractivity contribution in [2.24, 2.45) is 0 Å². The Morgan fingerprint density at radius 1 is 1.24 bits per heavy atom. The molecular formula is C14H11ClF3NO2. The van der Waals surface area contributed by atoms with Gasteiger partial charge in [-0.3, -0.25) is 4.79 Å². The van der Waals surface area contributed by atoms with Gasteiger partial charge in [0, 0.05) is 5.69 Å². The van der Waals surface area contributed by atoms with Gasteiger partial charge in [-0.2, -0.15) is 13.2 Å². The minimum atomic E-state index is -4.58. The summed E-state index contributed by atoms with van der Waals surface area (Å²) in [7, 11) is 0. The first-order chi connectivity index (χ1) is 9.68. The van der Waals surface area contributed by atoms with Crippen molar-refractivity contribution in [2.45, 2.75) is 20.0 Å². The van der Waals surface area contributed by atoms with Crippen LogP contribution in [0.4, 0.5) is 18.9 Å². The number of carbonyl (C=O) groups is 1. The molecule has 0 bridgehead atoms. The standard InChI is InChI=1S/C14H11ClF3NO2/c1-7-5-10(8(2)21-7)13(20)19-9-3-4-12(15)11(6-9)14(16,17)18/h3-6H,1-2H3,(H,19,20). The SMILES string of the molecule is Cc1cc(C(=O)Nc2ccc(Cl)c(C(F)(F)F)c2)c(C)o1. The normalized spacial score (nSPS) is 11.5. The largest absolute Gasteiger partial charge is 0.466 e. The zero-order valence-electron chi connectivity index (χ0n) is 11.1. The molecule has 1 N–H and O–H groups in total.